The maximum absolute atomic E-state index is 8.65. The van der Waals surface area contributed by atoms with Crippen molar-refractivity contribution in [1.29, 1.82) is 5.26 Å². The molecule has 118 valence electrons. The molecule has 3 rings (SSSR count). The summed E-state index contributed by atoms with van der Waals surface area (Å²) in [7, 11) is 0. The van der Waals surface area contributed by atoms with Crippen molar-refractivity contribution in [3.05, 3.63) is 58.5 Å². The molecule has 5 nitrogen and oxygen atoms in total. The van der Waals surface area contributed by atoms with Crippen LogP contribution in [0.5, 0.6) is 11.6 Å². The summed E-state index contributed by atoms with van der Waals surface area (Å²) < 4.78 is 6.03. The highest BCUT2D eigenvalue weighted by atomic mass is 35.5. The van der Waals surface area contributed by atoms with Crippen LogP contribution in [0.2, 0.25) is 5.28 Å². The Morgan fingerprint density at radius 2 is 1.96 bits per heavy atom. The molecule has 24 heavy (non-hydrogen) atoms. The molecule has 1 aromatic carbocycles. The number of rotatable bonds is 3. The molecule has 0 aliphatic carbocycles. The van der Waals surface area contributed by atoms with Crippen LogP contribution in [0.25, 0.3) is 17.1 Å². The van der Waals surface area contributed by atoms with Gasteiger partial charge in [0.15, 0.2) is 5.65 Å². The summed E-state index contributed by atoms with van der Waals surface area (Å²) in [6.45, 7) is 3.88. The first-order valence-electron chi connectivity index (χ1n) is 7.22. The molecule has 6 heteroatoms. The van der Waals surface area contributed by atoms with E-state index in [-0.39, 0.29) is 5.28 Å². The summed E-state index contributed by atoms with van der Waals surface area (Å²) >= 11 is 5.97. The molecule has 0 unspecified atom stereocenters. The Morgan fingerprint density at radius 3 is 2.67 bits per heavy atom. The van der Waals surface area contributed by atoms with E-state index in [1.54, 1.807) is 18.3 Å². The molecule has 0 radical (unpaired) electrons. The minimum Gasteiger partial charge on any atom is -0.438 e. The lowest BCUT2D eigenvalue weighted by molar-refractivity contribution is 0.461. The highest BCUT2D eigenvalue weighted by Crippen LogP contribution is 2.32. The van der Waals surface area contributed by atoms with E-state index < -0.39 is 0 Å². The van der Waals surface area contributed by atoms with E-state index in [0.717, 1.165) is 16.7 Å². The summed E-state index contributed by atoms with van der Waals surface area (Å²) in [4.78, 5) is 12.5. The minimum absolute atomic E-state index is 0.0834. The lowest BCUT2D eigenvalue weighted by Crippen LogP contribution is -1.97. The topological polar surface area (TPSA) is 71.7 Å². The Kier molecular flexibility index (Phi) is 4.41. The SMILES string of the molecule is Cc1cc(C=CC#N)cc(C)c1Oc1nc(Cl)nc2ncccc12. The average molecular weight is 337 g/mol. The first-order chi connectivity index (χ1) is 11.6. The van der Waals surface area contributed by atoms with Gasteiger partial charge >= 0.3 is 0 Å². The lowest BCUT2D eigenvalue weighted by atomic mass is 10.1. The summed E-state index contributed by atoms with van der Waals surface area (Å²) in [5.41, 5.74) is 3.28. The molecular formula is C18H13ClN4O. The maximum Gasteiger partial charge on any atom is 0.233 e. The number of fused-ring (bicyclic) bond motifs is 1. The number of ether oxygens (including phenoxy) is 1. The van der Waals surface area contributed by atoms with Gasteiger partial charge in [-0.15, -0.1) is 0 Å². The molecule has 3 aromatic rings. The fourth-order valence-corrected chi connectivity index (χ4v) is 2.62. The van der Waals surface area contributed by atoms with Gasteiger partial charge in [0.2, 0.25) is 11.2 Å². The van der Waals surface area contributed by atoms with Crippen LogP contribution in [0.15, 0.2) is 36.5 Å². The number of nitriles is 1. The zero-order chi connectivity index (χ0) is 17.1. The number of benzene rings is 1. The van der Waals surface area contributed by atoms with Gasteiger partial charge < -0.3 is 4.74 Å². The Balaban J connectivity index is 2.06. The summed E-state index contributed by atoms with van der Waals surface area (Å²) in [5.74, 6) is 1.06. The molecule has 0 atom stereocenters. The number of hydrogen-bond donors (Lipinski definition) is 0. The molecule has 0 N–H and O–H groups in total. The van der Waals surface area contributed by atoms with Crippen molar-refractivity contribution < 1.29 is 4.74 Å². The molecule has 0 bridgehead atoms. The van der Waals surface area contributed by atoms with Crippen molar-refractivity contribution >= 4 is 28.7 Å². The highest BCUT2D eigenvalue weighted by Gasteiger charge is 2.13. The van der Waals surface area contributed by atoms with Gasteiger partial charge in [-0.25, -0.2) is 4.98 Å². The predicted molar refractivity (Wildman–Crippen MR) is 93.0 cm³/mol. The third-order valence-electron chi connectivity index (χ3n) is 3.44. The van der Waals surface area contributed by atoms with Crippen LogP contribution in [0.4, 0.5) is 0 Å². The number of allylic oxidation sites excluding steroid dienone is 1. The van der Waals surface area contributed by atoms with Gasteiger partial charge in [0.25, 0.3) is 0 Å². The van der Waals surface area contributed by atoms with Crippen molar-refractivity contribution in [1.82, 2.24) is 15.0 Å². The quantitative estimate of drug-likeness (QED) is 0.515. The first-order valence-corrected chi connectivity index (χ1v) is 7.60. The van der Waals surface area contributed by atoms with Gasteiger partial charge in [-0.2, -0.15) is 15.2 Å². The van der Waals surface area contributed by atoms with Crippen LogP contribution in [0.3, 0.4) is 0 Å². The number of aromatic nitrogens is 3. The Hall–Kier alpha value is -2.97. The van der Waals surface area contributed by atoms with Crippen molar-refractivity contribution in [2.24, 2.45) is 0 Å². The van der Waals surface area contributed by atoms with E-state index in [0.29, 0.717) is 22.7 Å². The maximum atomic E-state index is 8.65. The number of pyridine rings is 1. The number of hydrogen-bond acceptors (Lipinski definition) is 5. The molecule has 0 fully saturated rings. The molecule has 0 aliphatic heterocycles. The van der Waals surface area contributed by atoms with Crippen molar-refractivity contribution in [3.63, 3.8) is 0 Å². The summed E-state index contributed by atoms with van der Waals surface area (Å²) in [6.07, 6.45) is 4.84. The number of aryl methyl sites for hydroxylation is 2. The van der Waals surface area contributed by atoms with Crippen molar-refractivity contribution in [2.45, 2.75) is 13.8 Å². The zero-order valence-corrected chi connectivity index (χ0v) is 13.9. The number of halogens is 1. The fraction of sp³-hybridized carbons (Fsp3) is 0.111. The second-order valence-corrected chi connectivity index (χ2v) is 5.56. The van der Waals surface area contributed by atoms with E-state index >= 15 is 0 Å². The van der Waals surface area contributed by atoms with Crippen LogP contribution >= 0.6 is 11.6 Å². The van der Waals surface area contributed by atoms with Gasteiger partial charge in [0.1, 0.15) is 5.75 Å². The molecule has 0 saturated carbocycles. The standard InChI is InChI=1S/C18H13ClN4O/c1-11-9-13(5-3-7-20)10-12(2)15(11)24-17-14-6-4-8-21-16(14)22-18(19)23-17/h3-6,8-10H,1-2H3. The largest absolute Gasteiger partial charge is 0.438 e. The third-order valence-corrected chi connectivity index (χ3v) is 3.61. The molecule has 2 heterocycles. The second kappa shape index (κ2) is 6.65. The Morgan fingerprint density at radius 1 is 1.21 bits per heavy atom. The molecule has 0 saturated heterocycles. The van der Waals surface area contributed by atoms with E-state index in [4.69, 9.17) is 21.6 Å². The minimum atomic E-state index is 0.0834. The van der Waals surface area contributed by atoms with Crippen LogP contribution in [0, 0.1) is 25.2 Å². The van der Waals surface area contributed by atoms with E-state index in [1.807, 2.05) is 38.1 Å². The van der Waals surface area contributed by atoms with Gasteiger partial charge in [-0.3, -0.25) is 0 Å². The smallest absolute Gasteiger partial charge is 0.233 e. The van der Waals surface area contributed by atoms with E-state index in [2.05, 4.69) is 15.0 Å². The fourth-order valence-electron chi connectivity index (χ4n) is 2.46. The predicted octanol–water partition coefficient (Wildman–Crippen LogP) is 4.62. The highest BCUT2D eigenvalue weighted by molar-refractivity contribution is 6.28. The molecule has 0 aliphatic rings. The summed E-state index contributed by atoms with van der Waals surface area (Å²) in [5, 5.41) is 9.42. The Labute approximate surface area is 144 Å². The van der Waals surface area contributed by atoms with E-state index in [9.17, 15) is 0 Å². The van der Waals surface area contributed by atoms with Gasteiger partial charge in [0, 0.05) is 12.3 Å². The summed E-state index contributed by atoms with van der Waals surface area (Å²) in [6, 6.07) is 9.50. The molecule has 2 aromatic heterocycles. The van der Waals surface area contributed by atoms with Gasteiger partial charge in [-0.1, -0.05) is 0 Å². The van der Waals surface area contributed by atoms with Crippen LogP contribution in [-0.2, 0) is 0 Å². The molecule has 0 spiro atoms. The van der Waals surface area contributed by atoms with Crippen molar-refractivity contribution in [3.8, 4) is 17.7 Å². The van der Waals surface area contributed by atoms with Crippen LogP contribution < -0.4 is 4.74 Å². The molecule has 0 amide bonds. The van der Waals surface area contributed by atoms with Gasteiger partial charge in [-0.05, 0) is 72.5 Å². The third kappa shape index (κ3) is 3.19. The molecular weight excluding hydrogens is 324 g/mol. The average Bonchev–Trinajstić information content (AvgIpc) is 2.56. The lowest BCUT2D eigenvalue weighted by Gasteiger charge is -2.13. The second-order valence-electron chi connectivity index (χ2n) is 5.22. The zero-order valence-electron chi connectivity index (χ0n) is 13.1. The normalized spacial score (nSPS) is 10.9. The van der Waals surface area contributed by atoms with Crippen molar-refractivity contribution in [2.75, 3.05) is 0 Å². The first kappa shape index (κ1) is 15.9. The van der Waals surface area contributed by atoms with Crippen LogP contribution in [0.1, 0.15) is 16.7 Å². The monoisotopic (exact) mass is 336 g/mol. The Bertz CT molecular complexity index is 969. The van der Waals surface area contributed by atoms with Gasteiger partial charge in [0.05, 0.1) is 11.5 Å². The van der Waals surface area contributed by atoms with E-state index in [1.165, 1.54) is 6.08 Å². The van der Waals surface area contributed by atoms with Crippen LogP contribution in [-0.4, -0.2) is 15.0 Å². The number of nitrogens with zero attached hydrogens (tertiary/aromatic N) is 4.